The minimum Gasteiger partial charge on any atom is -0.481 e. The molecule has 138 valence electrons. The van der Waals surface area contributed by atoms with Crippen molar-refractivity contribution in [3.63, 3.8) is 0 Å². The third kappa shape index (κ3) is 4.62. The van der Waals surface area contributed by atoms with Gasteiger partial charge in [0.05, 0.1) is 0 Å². The summed E-state index contributed by atoms with van der Waals surface area (Å²) in [6.45, 7) is 1.55. The number of hydrogen-bond donors (Lipinski definition) is 2. The average Bonchev–Trinajstić information content (AvgIpc) is 2.62. The number of hydrogen-bond acceptors (Lipinski definition) is 5. The Morgan fingerprint density at radius 2 is 1.88 bits per heavy atom. The molecule has 0 aliphatic heterocycles. The first-order valence-electron chi connectivity index (χ1n) is 8.83. The number of carbonyl (C=O) groups is 2. The van der Waals surface area contributed by atoms with Crippen LogP contribution in [0.25, 0.3) is 11.0 Å². The molecule has 2 N–H and O–H groups in total. The lowest BCUT2D eigenvalue weighted by Crippen LogP contribution is -2.48. The van der Waals surface area contributed by atoms with Gasteiger partial charge < -0.3 is 14.5 Å². The second-order valence-corrected chi connectivity index (χ2v) is 6.51. The highest BCUT2D eigenvalue weighted by Gasteiger charge is 2.20. The molecule has 1 aliphatic rings. The van der Waals surface area contributed by atoms with Gasteiger partial charge in [-0.25, -0.2) is 9.59 Å². The molecular weight excluding hydrogens is 336 g/mol. The summed E-state index contributed by atoms with van der Waals surface area (Å²) in [5.41, 5.74) is -0.0857. The van der Waals surface area contributed by atoms with Crippen molar-refractivity contribution >= 4 is 22.9 Å². The van der Waals surface area contributed by atoms with Crippen LogP contribution in [0.5, 0.6) is 5.75 Å². The standard InChI is InChI=1S/C19H22N2O5/c1-12(18(23)21-19(24)20-14-5-3-2-4-6-14)25-15-9-7-13-8-10-17(22)26-16(13)11-15/h7-12,14H,2-6H2,1H3,(H2,20,21,23,24). The summed E-state index contributed by atoms with van der Waals surface area (Å²) in [6, 6.07) is 7.56. The fraction of sp³-hybridized carbons (Fsp3) is 0.421. The van der Waals surface area contributed by atoms with Crippen molar-refractivity contribution in [2.45, 2.75) is 51.2 Å². The monoisotopic (exact) mass is 358 g/mol. The van der Waals surface area contributed by atoms with E-state index in [4.69, 9.17) is 9.15 Å². The van der Waals surface area contributed by atoms with Crippen LogP contribution in [-0.4, -0.2) is 24.1 Å². The SMILES string of the molecule is CC(Oc1ccc2ccc(=O)oc2c1)C(=O)NC(=O)NC1CCCCC1. The van der Waals surface area contributed by atoms with Gasteiger partial charge in [-0.05, 0) is 38.0 Å². The molecule has 2 aromatic rings. The van der Waals surface area contributed by atoms with Crippen LogP contribution in [0, 0.1) is 0 Å². The second-order valence-electron chi connectivity index (χ2n) is 6.51. The van der Waals surface area contributed by atoms with E-state index in [0.717, 1.165) is 31.1 Å². The Labute approximate surface area is 150 Å². The minimum absolute atomic E-state index is 0.121. The molecule has 1 heterocycles. The number of imide groups is 1. The van der Waals surface area contributed by atoms with E-state index in [2.05, 4.69) is 10.6 Å². The van der Waals surface area contributed by atoms with Gasteiger partial charge in [0.15, 0.2) is 6.10 Å². The Morgan fingerprint density at radius 1 is 1.15 bits per heavy atom. The molecule has 1 atom stereocenters. The van der Waals surface area contributed by atoms with E-state index in [1.807, 2.05) is 0 Å². The quantitative estimate of drug-likeness (QED) is 0.819. The number of carbonyl (C=O) groups excluding carboxylic acids is 2. The zero-order chi connectivity index (χ0) is 18.5. The average molecular weight is 358 g/mol. The Bertz CT molecular complexity index is 854. The van der Waals surface area contributed by atoms with E-state index in [-0.39, 0.29) is 6.04 Å². The van der Waals surface area contributed by atoms with Crippen LogP contribution in [0.4, 0.5) is 4.79 Å². The Kier molecular flexibility index (Phi) is 5.55. The fourth-order valence-corrected chi connectivity index (χ4v) is 3.05. The van der Waals surface area contributed by atoms with Crippen molar-refractivity contribution in [3.8, 4) is 5.75 Å². The predicted octanol–water partition coefficient (Wildman–Crippen LogP) is 2.72. The number of ether oxygens (including phenoxy) is 1. The normalized spacial score (nSPS) is 16.0. The van der Waals surface area contributed by atoms with E-state index in [0.29, 0.717) is 11.3 Å². The Hall–Kier alpha value is -2.83. The van der Waals surface area contributed by atoms with Gasteiger partial charge in [-0.15, -0.1) is 0 Å². The lowest BCUT2D eigenvalue weighted by Gasteiger charge is -2.23. The molecule has 0 saturated heterocycles. The molecule has 0 radical (unpaired) electrons. The molecule has 26 heavy (non-hydrogen) atoms. The number of benzene rings is 1. The van der Waals surface area contributed by atoms with Crippen molar-refractivity contribution in [3.05, 3.63) is 40.8 Å². The van der Waals surface area contributed by atoms with E-state index < -0.39 is 23.7 Å². The highest BCUT2D eigenvalue weighted by molar-refractivity contribution is 5.96. The smallest absolute Gasteiger partial charge is 0.336 e. The highest BCUT2D eigenvalue weighted by atomic mass is 16.5. The third-order valence-corrected chi connectivity index (χ3v) is 4.45. The molecule has 1 aliphatic carbocycles. The summed E-state index contributed by atoms with van der Waals surface area (Å²) in [7, 11) is 0. The van der Waals surface area contributed by atoms with Crippen LogP contribution in [0.15, 0.2) is 39.5 Å². The lowest BCUT2D eigenvalue weighted by atomic mass is 9.96. The maximum absolute atomic E-state index is 12.1. The van der Waals surface area contributed by atoms with E-state index >= 15 is 0 Å². The number of nitrogens with one attached hydrogen (secondary N) is 2. The van der Waals surface area contributed by atoms with Crippen molar-refractivity contribution in [1.82, 2.24) is 10.6 Å². The van der Waals surface area contributed by atoms with Crippen LogP contribution in [0.3, 0.4) is 0 Å². The molecule has 3 amide bonds. The van der Waals surface area contributed by atoms with E-state index in [1.54, 1.807) is 31.2 Å². The van der Waals surface area contributed by atoms with Gasteiger partial charge in [0.2, 0.25) is 0 Å². The molecule has 1 unspecified atom stereocenters. The number of rotatable bonds is 4. The zero-order valence-corrected chi connectivity index (χ0v) is 14.6. The van der Waals surface area contributed by atoms with Crippen LogP contribution in [0.1, 0.15) is 39.0 Å². The molecule has 3 rings (SSSR count). The van der Waals surface area contributed by atoms with Gasteiger partial charge in [0, 0.05) is 23.6 Å². The van der Waals surface area contributed by atoms with Crippen molar-refractivity contribution < 1.29 is 18.7 Å². The van der Waals surface area contributed by atoms with Gasteiger partial charge in [-0.1, -0.05) is 19.3 Å². The molecule has 1 aromatic heterocycles. The number of fused-ring (bicyclic) bond motifs is 1. The minimum atomic E-state index is -0.875. The molecule has 1 aromatic carbocycles. The van der Waals surface area contributed by atoms with Crippen LogP contribution in [-0.2, 0) is 4.79 Å². The van der Waals surface area contributed by atoms with Crippen molar-refractivity contribution in [1.29, 1.82) is 0 Å². The van der Waals surface area contributed by atoms with Gasteiger partial charge in [-0.2, -0.15) is 0 Å². The second kappa shape index (κ2) is 8.03. The first kappa shape index (κ1) is 18.0. The topological polar surface area (TPSA) is 97.6 Å². The summed E-state index contributed by atoms with van der Waals surface area (Å²) in [5, 5.41) is 5.88. The van der Waals surface area contributed by atoms with Gasteiger partial charge in [0.1, 0.15) is 11.3 Å². The summed E-state index contributed by atoms with van der Waals surface area (Å²) in [4.78, 5) is 35.4. The molecule has 0 bridgehead atoms. The van der Waals surface area contributed by atoms with Crippen molar-refractivity contribution in [2.75, 3.05) is 0 Å². The molecule has 1 fully saturated rings. The number of amides is 3. The summed E-state index contributed by atoms with van der Waals surface area (Å²) >= 11 is 0. The van der Waals surface area contributed by atoms with Gasteiger partial charge >= 0.3 is 11.7 Å². The summed E-state index contributed by atoms with van der Waals surface area (Å²) < 4.78 is 10.7. The third-order valence-electron chi connectivity index (χ3n) is 4.45. The fourth-order valence-electron chi connectivity index (χ4n) is 3.05. The first-order chi connectivity index (χ1) is 12.5. The van der Waals surface area contributed by atoms with Gasteiger partial charge in [-0.3, -0.25) is 10.1 Å². The predicted molar refractivity (Wildman–Crippen MR) is 96.1 cm³/mol. The number of urea groups is 1. The lowest BCUT2D eigenvalue weighted by molar-refractivity contribution is -0.126. The molecule has 1 saturated carbocycles. The maximum atomic E-state index is 12.1. The highest BCUT2D eigenvalue weighted by Crippen LogP contribution is 2.20. The molecule has 0 spiro atoms. The Balaban J connectivity index is 1.56. The van der Waals surface area contributed by atoms with Crippen LogP contribution in [0.2, 0.25) is 0 Å². The molecule has 7 nitrogen and oxygen atoms in total. The van der Waals surface area contributed by atoms with E-state index in [1.165, 1.54) is 12.5 Å². The molecular formula is C19H22N2O5. The van der Waals surface area contributed by atoms with Crippen LogP contribution < -0.4 is 21.0 Å². The largest absolute Gasteiger partial charge is 0.481 e. The molecule has 7 heteroatoms. The maximum Gasteiger partial charge on any atom is 0.336 e. The zero-order valence-electron chi connectivity index (χ0n) is 14.6. The van der Waals surface area contributed by atoms with Crippen molar-refractivity contribution in [2.24, 2.45) is 0 Å². The van der Waals surface area contributed by atoms with Gasteiger partial charge in [0.25, 0.3) is 5.91 Å². The first-order valence-corrected chi connectivity index (χ1v) is 8.83. The summed E-state index contributed by atoms with van der Waals surface area (Å²) in [6.07, 6.45) is 4.38. The van der Waals surface area contributed by atoms with E-state index in [9.17, 15) is 14.4 Å². The Morgan fingerprint density at radius 3 is 2.65 bits per heavy atom. The summed E-state index contributed by atoms with van der Waals surface area (Å²) in [5.74, 6) is -0.157. The van der Waals surface area contributed by atoms with Crippen LogP contribution >= 0.6 is 0 Å².